The maximum absolute atomic E-state index is 11.0. The summed E-state index contributed by atoms with van der Waals surface area (Å²) in [6.45, 7) is 3.09. The summed E-state index contributed by atoms with van der Waals surface area (Å²) in [4.78, 5) is 10.6. The Morgan fingerprint density at radius 3 is 2.78 bits per heavy atom. The van der Waals surface area contributed by atoms with E-state index in [0.717, 1.165) is 25.5 Å². The Morgan fingerprint density at radius 1 is 1.44 bits per heavy atom. The van der Waals surface area contributed by atoms with E-state index in [4.69, 9.17) is 9.47 Å². The molecule has 96 valence electrons. The summed E-state index contributed by atoms with van der Waals surface area (Å²) < 4.78 is 10.7. The van der Waals surface area contributed by atoms with Gasteiger partial charge in [-0.25, -0.2) is 0 Å². The van der Waals surface area contributed by atoms with E-state index in [1.807, 2.05) is 12.1 Å². The lowest BCUT2D eigenvalue weighted by atomic mass is 9.66. The number of hydrogen-bond acceptors (Lipinski definition) is 4. The van der Waals surface area contributed by atoms with Gasteiger partial charge in [-0.1, -0.05) is 37.3 Å². The van der Waals surface area contributed by atoms with Gasteiger partial charge in [-0.2, -0.15) is 0 Å². The summed E-state index contributed by atoms with van der Waals surface area (Å²) in [5, 5.41) is 11.0. The zero-order valence-electron chi connectivity index (χ0n) is 10.4. The van der Waals surface area contributed by atoms with E-state index in [2.05, 4.69) is 6.92 Å². The molecule has 1 aliphatic heterocycles. The second kappa shape index (κ2) is 5.97. The maximum atomic E-state index is 11.0. The number of benzene rings is 1. The number of hydrogen-bond donors (Lipinski definition) is 0. The molecular formula is C12H16BNO4. The number of rotatable bonds is 5. The zero-order chi connectivity index (χ0) is 13.0. The van der Waals surface area contributed by atoms with Crippen molar-refractivity contribution in [2.45, 2.75) is 26.0 Å². The standard InChI is InChI=1S/C12H16BNO4/c1-2-5-13-9-3-4-11(14(15)16)10(8-9)12-17-6-7-18-12/h3-4,8,12-13H,2,5-7H2,1H3. The van der Waals surface area contributed by atoms with Crippen molar-refractivity contribution in [3.05, 3.63) is 33.9 Å². The third-order valence-corrected chi connectivity index (χ3v) is 2.98. The Morgan fingerprint density at radius 2 is 2.17 bits per heavy atom. The summed E-state index contributed by atoms with van der Waals surface area (Å²) in [6, 6.07) is 5.20. The van der Waals surface area contributed by atoms with E-state index < -0.39 is 6.29 Å². The molecule has 1 heterocycles. The topological polar surface area (TPSA) is 61.6 Å². The molecule has 2 rings (SSSR count). The van der Waals surface area contributed by atoms with Crippen LogP contribution in [0.5, 0.6) is 0 Å². The Kier molecular flexibility index (Phi) is 4.33. The molecule has 0 amide bonds. The van der Waals surface area contributed by atoms with Crippen LogP contribution in [0, 0.1) is 10.1 Å². The van der Waals surface area contributed by atoms with Crippen molar-refractivity contribution in [2.24, 2.45) is 0 Å². The highest BCUT2D eigenvalue weighted by Gasteiger charge is 2.26. The molecule has 1 saturated heterocycles. The van der Waals surface area contributed by atoms with Crippen molar-refractivity contribution in [3.63, 3.8) is 0 Å². The van der Waals surface area contributed by atoms with E-state index in [1.165, 1.54) is 0 Å². The molecule has 0 radical (unpaired) electrons. The molecule has 1 fully saturated rings. The highest BCUT2D eigenvalue weighted by Crippen LogP contribution is 2.30. The van der Waals surface area contributed by atoms with Crippen LogP contribution >= 0.6 is 0 Å². The summed E-state index contributed by atoms with van der Waals surface area (Å²) in [6.07, 6.45) is 1.58. The Balaban J connectivity index is 2.28. The van der Waals surface area contributed by atoms with Gasteiger partial charge in [-0.05, 0) is 0 Å². The van der Waals surface area contributed by atoms with Crippen molar-refractivity contribution in [2.75, 3.05) is 13.2 Å². The molecule has 18 heavy (non-hydrogen) atoms. The van der Waals surface area contributed by atoms with Crippen LogP contribution < -0.4 is 5.46 Å². The molecule has 0 saturated carbocycles. The van der Waals surface area contributed by atoms with Gasteiger partial charge < -0.3 is 9.47 Å². The second-order valence-corrected chi connectivity index (χ2v) is 4.33. The number of nitro groups is 1. The normalized spacial score (nSPS) is 15.8. The number of nitro benzene ring substituents is 1. The van der Waals surface area contributed by atoms with Crippen LogP contribution in [0.3, 0.4) is 0 Å². The van der Waals surface area contributed by atoms with Crippen molar-refractivity contribution in [1.82, 2.24) is 0 Å². The van der Waals surface area contributed by atoms with Gasteiger partial charge in [0.05, 0.1) is 23.7 Å². The lowest BCUT2D eigenvalue weighted by Crippen LogP contribution is -2.16. The molecule has 0 aromatic heterocycles. The molecule has 1 aromatic rings. The smallest absolute Gasteiger partial charge is 0.277 e. The fourth-order valence-electron chi connectivity index (χ4n) is 2.03. The van der Waals surface area contributed by atoms with E-state index >= 15 is 0 Å². The van der Waals surface area contributed by atoms with E-state index in [9.17, 15) is 10.1 Å². The second-order valence-electron chi connectivity index (χ2n) is 4.33. The molecule has 1 aromatic carbocycles. The molecule has 0 bridgehead atoms. The molecule has 6 heteroatoms. The summed E-state index contributed by atoms with van der Waals surface area (Å²) in [5.41, 5.74) is 1.70. The Labute approximate surface area is 106 Å². The molecule has 0 atom stereocenters. The number of ether oxygens (including phenoxy) is 2. The molecule has 0 aliphatic carbocycles. The van der Waals surface area contributed by atoms with Crippen LogP contribution in [0.4, 0.5) is 5.69 Å². The van der Waals surface area contributed by atoms with Crippen LogP contribution in [0.25, 0.3) is 0 Å². The first-order valence-electron chi connectivity index (χ1n) is 6.22. The van der Waals surface area contributed by atoms with Crippen LogP contribution in [-0.4, -0.2) is 25.4 Å². The maximum Gasteiger partial charge on any atom is 0.277 e. The van der Waals surface area contributed by atoms with Crippen LogP contribution in [-0.2, 0) is 9.47 Å². The van der Waals surface area contributed by atoms with Crippen molar-refractivity contribution >= 4 is 18.4 Å². The SMILES string of the molecule is CCCBc1ccc([N+](=O)[O-])c(C2OCCO2)c1. The predicted molar refractivity (Wildman–Crippen MR) is 69.6 cm³/mol. The quantitative estimate of drug-likeness (QED) is 0.451. The van der Waals surface area contributed by atoms with Gasteiger partial charge >= 0.3 is 0 Å². The zero-order valence-corrected chi connectivity index (χ0v) is 10.4. The fourth-order valence-corrected chi connectivity index (χ4v) is 2.03. The fraction of sp³-hybridized carbons (Fsp3) is 0.500. The van der Waals surface area contributed by atoms with Gasteiger partial charge in [0.25, 0.3) is 5.69 Å². The van der Waals surface area contributed by atoms with Crippen molar-refractivity contribution in [1.29, 1.82) is 0 Å². The van der Waals surface area contributed by atoms with Crippen molar-refractivity contribution in [3.8, 4) is 0 Å². The minimum atomic E-state index is -0.591. The summed E-state index contributed by atoms with van der Waals surface area (Å²) >= 11 is 0. The largest absolute Gasteiger partial charge is 0.346 e. The molecule has 5 nitrogen and oxygen atoms in total. The monoisotopic (exact) mass is 249 g/mol. The van der Waals surface area contributed by atoms with Crippen LogP contribution in [0.1, 0.15) is 25.2 Å². The average molecular weight is 249 g/mol. The average Bonchev–Trinajstić information content (AvgIpc) is 2.89. The van der Waals surface area contributed by atoms with E-state index in [0.29, 0.717) is 18.8 Å². The van der Waals surface area contributed by atoms with Crippen LogP contribution in [0.2, 0.25) is 6.32 Å². The van der Waals surface area contributed by atoms with Gasteiger partial charge in [0.2, 0.25) is 0 Å². The first-order chi connectivity index (χ1) is 8.72. The first kappa shape index (κ1) is 13.0. The minimum Gasteiger partial charge on any atom is -0.346 e. The highest BCUT2D eigenvalue weighted by atomic mass is 16.7. The van der Waals surface area contributed by atoms with Gasteiger partial charge in [0.15, 0.2) is 13.6 Å². The van der Waals surface area contributed by atoms with E-state index in [-0.39, 0.29) is 10.6 Å². The summed E-state index contributed by atoms with van der Waals surface area (Å²) in [7, 11) is 0.925. The molecule has 0 unspecified atom stereocenters. The lowest BCUT2D eigenvalue weighted by molar-refractivity contribution is -0.386. The van der Waals surface area contributed by atoms with Gasteiger partial charge in [-0.3, -0.25) is 10.1 Å². The predicted octanol–water partition coefficient (Wildman–Crippen LogP) is 1.53. The van der Waals surface area contributed by atoms with E-state index in [1.54, 1.807) is 6.07 Å². The number of nitrogens with zero attached hydrogens (tertiary/aromatic N) is 1. The molecule has 1 aliphatic rings. The van der Waals surface area contributed by atoms with Crippen molar-refractivity contribution < 1.29 is 14.4 Å². The lowest BCUT2D eigenvalue weighted by Gasteiger charge is -2.11. The van der Waals surface area contributed by atoms with Crippen LogP contribution in [0.15, 0.2) is 18.2 Å². The third-order valence-electron chi connectivity index (χ3n) is 2.98. The minimum absolute atomic E-state index is 0.0714. The van der Waals surface area contributed by atoms with Gasteiger partial charge in [-0.15, -0.1) is 0 Å². The molecule has 0 spiro atoms. The third kappa shape index (κ3) is 2.89. The highest BCUT2D eigenvalue weighted by molar-refractivity contribution is 6.53. The Bertz CT molecular complexity index is 432. The first-order valence-corrected chi connectivity index (χ1v) is 6.22. The molecular weight excluding hydrogens is 233 g/mol. The summed E-state index contributed by atoms with van der Waals surface area (Å²) in [5.74, 6) is 0. The van der Waals surface area contributed by atoms with Gasteiger partial charge in [0, 0.05) is 6.07 Å². The Hall–Kier alpha value is -1.40. The van der Waals surface area contributed by atoms with Gasteiger partial charge in [0.1, 0.15) is 0 Å². The molecule has 0 N–H and O–H groups in total.